The summed E-state index contributed by atoms with van der Waals surface area (Å²) in [6.45, 7) is 1.10. The zero-order chi connectivity index (χ0) is 10.3. The first-order valence-electron chi connectivity index (χ1n) is 4.37. The normalized spacial score (nSPS) is 9.50. The third kappa shape index (κ3) is 7.73. The molecule has 0 aliphatic rings. The highest BCUT2D eigenvalue weighted by atomic mass is 16.2. The summed E-state index contributed by atoms with van der Waals surface area (Å²) >= 11 is 0. The fourth-order valence-corrected chi connectivity index (χ4v) is 1.13. The maximum absolute atomic E-state index is 7.00. The number of nitrogens with zero attached hydrogens (tertiary/aromatic N) is 1. The van der Waals surface area contributed by atoms with Gasteiger partial charge in [-0.2, -0.15) is 0 Å². The van der Waals surface area contributed by atoms with Crippen molar-refractivity contribution in [3.05, 3.63) is 35.9 Å². The molecule has 1 aromatic carbocycles. The highest BCUT2D eigenvalue weighted by Crippen LogP contribution is 2.04. The van der Waals surface area contributed by atoms with Crippen LogP contribution in [0, 0.1) is 0 Å². The number of aliphatic hydroxyl groups excluding tert-OH is 1. The Hall–Kier alpha value is -0.900. The summed E-state index contributed by atoms with van der Waals surface area (Å²) in [5, 5.41) is 7.00. The van der Waals surface area contributed by atoms with E-state index in [-0.39, 0.29) is 5.48 Å². The Labute approximate surface area is 86.5 Å². The van der Waals surface area contributed by atoms with Crippen LogP contribution < -0.4 is 0 Å². The maximum atomic E-state index is 7.00. The molecule has 0 saturated heterocycles. The molecule has 0 spiro atoms. The van der Waals surface area contributed by atoms with E-state index < -0.39 is 0 Å². The molecule has 2 N–H and O–H groups in total. The monoisotopic (exact) mass is 199 g/mol. The quantitative estimate of drug-likeness (QED) is 0.730. The van der Waals surface area contributed by atoms with Gasteiger partial charge in [0.15, 0.2) is 0 Å². The van der Waals surface area contributed by atoms with Gasteiger partial charge in [0, 0.05) is 12.7 Å². The number of benzene rings is 1. The first-order valence-corrected chi connectivity index (χ1v) is 4.37. The molecule has 3 heteroatoms. The minimum atomic E-state index is 0. The van der Waals surface area contributed by atoms with Gasteiger partial charge < -0.3 is 15.1 Å². The van der Waals surface area contributed by atoms with Crippen molar-refractivity contribution in [3.8, 4) is 0 Å². The van der Waals surface area contributed by atoms with E-state index in [9.17, 15) is 0 Å². The summed E-state index contributed by atoms with van der Waals surface area (Å²) in [6.07, 6.45) is 0. The zero-order valence-electron chi connectivity index (χ0n) is 9.44. The molecule has 0 saturated carbocycles. The first-order chi connectivity index (χ1) is 6.08. The zero-order valence-corrected chi connectivity index (χ0v) is 9.44. The molecule has 0 heterocycles. The van der Waals surface area contributed by atoms with Gasteiger partial charge in [0.1, 0.15) is 6.54 Å². The van der Waals surface area contributed by atoms with Crippen LogP contribution in [0.1, 0.15) is 5.56 Å². The van der Waals surface area contributed by atoms with Crippen LogP contribution in [0.4, 0.5) is 0 Å². The second kappa shape index (κ2) is 7.50. The topological polar surface area (TPSA) is 50.2 Å². The number of rotatable bonds is 2. The predicted molar refractivity (Wildman–Crippen MR) is 58.3 cm³/mol. The summed E-state index contributed by atoms with van der Waals surface area (Å²) < 4.78 is 0.990. The van der Waals surface area contributed by atoms with Crippen molar-refractivity contribution < 1.29 is 15.1 Å². The summed E-state index contributed by atoms with van der Waals surface area (Å²) in [7, 11) is 7.60. The van der Waals surface area contributed by atoms with Gasteiger partial charge in [-0.3, -0.25) is 0 Å². The number of aliphatic hydroxyl groups is 1. The van der Waals surface area contributed by atoms with Gasteiger partial charge in [-0.25, -0.2) is 0 Å². The number of hydrogen-bond acceptors (Lipinski definition) is 2. The molecule has 0 amide bonds. The molecule has 82 valence electrons. The lowest BCUT2D eigenvalue weighted by molar-refractivity contribution is -0.884. The molecular formula is C11H21NO2. The Morgan fingerprint density at radius 3 is 1.79 bits per heavy atom. The molecule has 0 atom stereocenters. The van der Waals surface area contributed by atoms with E-state index >= 15 is 0 Å². The van der Waals surface area contributed by atoms with Crippen LogP contribution in [0.25, 0.3) is 0 Å². The van der Waals surface area contributed by atoms with E-state index in [1.807, 2.05) is 0 Å². The van der Waals surface area contributed by atoms with Gasteiger partial charge in [0.05, 0.1) is 21.1 Å². The fourth-order valence-electron chi connectivity index (χ4n) is 1.13. The lowest BCUT2D eigenvalue weighted by Crippen LogP contribution is -2.33. The molecule has 0 aliphatic carbocycles. The second-order valence-electron chi connectivity index (χ2n) is 3.93. The van der Waals surface area contributed by atoms with Crippen LogP contribution >= 0.6 is 0 Å². The van der Waals surface area contributed by atoms with Crippen LogP contribution in [0.2, 0.25) is 0 Å². The molecule has 0 aliphatic heterocycles. The molecule has 0 aromatic heterocycles. The van der Waals surface area contributed by atoms with Gasteiger partial charge in [0.25, 0.3) is 0 Å². The number of hydrogen-bond donors (Lipinski definition) is 1. The van der Waals surface area contributed by atoms with Crippen molar-refractivity contribution in [1.82, 2.24) is 0 Å². The maximum Gasteiger partial charge on any atom is 0.104 e. The van der Waals surface area contributed by atoms with Crippen LogP contribution in [-0.2, 0) is 6.54 Å². The smallest absolute Gasteiger partial charge is 0.104 e. The molecule has 0 unspecified atom stereocenters. The molecule has 14 heavy (non-hydrogen) atoms. The molecular weight excluding hydrogens is 178 g/mol. The van der Waals surface area contributed by atoms with E-state index in [2.05, 4.69) is 51.5 Å². The molecule has 3 nitrogen and oxygen atoms in total. The lowest BCUT2D eigenvalue weighted by Gasteiger charge is -2.23. The van der Waals surface area contributed by atoms with Crippen molar-refractivity contribution >= 4 is 0 Å². The Morgan fingerprint density at radius 2 is 1.43 bits per heavy atom. The summed E-state index contributed by atoms with van der Waals surface area (Å²) in [5.74, 6) is 0. The van der Waals surface area contributed by atoms with Gasteiger partial charge in [-0.15, -0.1) is 0 Å². The Morgan fingerprint density at radius 1 is 1.00 bits per heavy atom. The largest absolute Gasteiger partial charge is 0.870 e. The fraction of sp³-hybridized carbons (Fsp3) is 0.455. The predicted octanol–water partition coefficient (Wildman–Crippen LogP) is 1.32. The van der Waals surface area contributed by atoms with Crippen molar-refractivity contribution in [2.45, 2.75) is 6.54 Å². The van der Waals surface area contributed by atoms with Crippen molar-refractivity contribution in [1.29, 1.82) is 0 Å². The van der Waals surface area contributed by atoms with Crippen LogP contribution in [0.5, 0.6) is 0 Å². The van der Waals surface area contributed by atoms with Gasteiger partial charge in [-0.05, 0) is 0 Å². The molecule has 0 radical (unpaired) electrons. The van der Waals surface area contributed by atoms with Gasteiger partial charge >= 0.3 is 0 Å². The van der Waals surface area contributed by atoms with Crippen molar-refractivity contribution in [2.75, 3.05) is 28.3 Å². The van der Waals surface area contributed by atoms with Crippen LogP contribution in [0.15, 0.2) is 30.3 Å². The Balaban J connectivity index is 0. The van der Waals surface area contributed by atoms with Crippen molar-refractivity contribution in [2.24, 2.45) is 0 Å². The van der Waals surface area contributed by atoms with E-state index in [1.54, 1.807) is 0 Å². The average Bonchev–Trinajstić information content (AvgIpc) is 2.07. The average molecular weight is 199 g/mol. The van der Waals surface area contributed by atoms with E-state index in [1.165, 1.54) is 5.56 Å². The van der Waals surface area contributed by atoms with Gasteiger partial charge in [-0.1, -0.05) is 30.3 Å². The third-order valence-electron chi connectivity index (χ3n) is 1.50. The number of quaternary nitrogens is 1. The minimum Gasteiger partial charge on any atom is -0.870 e. The molecule has 0 bridgehead atoms. The van der Waals surface area contributed by atoms with E-state index in [4.69, 9.17) is 5.11 Å². The standard InChI is InChI=1S/C10H16N.CH4O.H2O/c1-11(2,3)9-10-7-5-4-6-8-10;1-2;/h4-8H,9H2,1-3H3;2H,1H3;1H2/q+1;;/p-1. The molecule has 0 fully saturated rings. The Bertz CT molecular complexity index is 216. The van der Waals surface area contributed by atoms with Crippen molar-refractivity contribution in [3.63, 3.8) is 0 Å². The molecule has 1 rings (SSSR count). The van der Waals surface area contributed by atoms with Crippen LogP contribution in [-0.4, -0.2) is 43.3 Å². The van der Waals surface area contributed by atoms with Crippen LogP contribution in [0.3, 0.4) is 0 Å². The Kier molecular flexibility index (Phi) is 8.34. The highest BCUT2D eigenvalue weighted by molar-refractivity contribution is 5.13. The highest BCUT2D eigenvalue weighted by Gasteiger charge is 2.06. The minimum absolute atomic E-state index is 0. The lowest BCUT2D eigenvalue weighted by atomic mass is 10.2. The van der Waals surface area contributed by atoms with E-state index in [0.717, 1.165) is 18.1 Å². The summed E-state index contributed by atoms with van der Waals surface area (Å²) in [6, 6.07) is 10.6. The van der Waals surface area contributed by atoms with E-state index in [0.29, 0.717) is 0 Å². The summed E-state index contributed by atoms with van der Waals surface area (Å²) in [5.41, 5.74) is 1.40. The second-order valence-corrected chi connectivity index (χ2v) is 3.93. The molecule has 1 aromatic rings. The van der Waals surface area contributed by atoms with Gasteiger partial charge in [0.2, 0.25) is 0 Å². The first kappa shape index (κ1) is 15.6. The summed E-state index contributed by atoms with van der Waals surface area (Å²) in [4.78, 5) is 0. The third-order valence-corrected chi connectivity index (χ3v) is 1.50. The SMILES string of the molecule is CO.C[N+](C)(C)Cc1ccccc1.[OH-].